The minimum Gasteiger partial charge on any atom is -0.495 e. The number of nitrogens with one attached hydrogen (secondary N) is 1. The van der Waals surface area contributed by atoms with Gasteiger partial charge in [0.15, 0.2) is 0 Å². The standard InChI is InChI=1S/C26H29ClN8O2/c1-32(2)17-24(36)34-12-10-33(11-13-34)18-7-8-23(37-3)21(14-18)30-26-28-16-20(27)25(31-26)19-15-29-35-9-5-4-6-22(19)35/h4-9,14-16H,10-13,17H2,1-3H3,(H,28,30,31). The molecule has 1 amide bonds. The molecule has 5 rings (SSSR count). The van der Waals surface area contributed by atoms with Gasteiger partial charge in [-0.25, -0.2) is 14.5 Å². The summed E-state index contributed by atoms with van der Waals surface area (Å²) in [6, 6.07) is 11.8. The first-order chi connectivity index (χ1) is 17.9. The van der Waals surface area contributed by atoms with Crippen molar-refractivity contribution in [2.24, 2.45) is 0 Å². The summed E-state index contributed by atoms with van der Waals surface area (Å²) in [4.78, 5) is 27.6. The summed E-state index contributed by atoms with van der Waals surface area (Å²) in [7, 11) is 5.44. The number of ether oxygens (including phenoxy) is 1. The fourth-order valence-electron chi connectivity index (χ4n) is 4.43. The number of nitrogens with zero attached hydrogens (tertiary/aromatic N) is 7. The predicted octanol–water partition coefficient (Wildman–Crippen LogP) is 3.41. The van der Waals surface area contributed by atoms with Crippen LogP contribution in [0.3, 0.4) is 0 Å². The number of likely N-dealkylation sites (N-methyl/N-ethyl adjacent to an activating group) is 1. The number of anilines is 3. The molecule has 10 nitrogen and oxygen atoms in total. The number of fused-ring (bicyclic) bond motifs is 1. The molecule has 0 atom stereocenters. The number of benzene rings is 1. The third kappa shape index (κ3) is 5.30. The molecule has 11 heteroatoms. The Morgan fingerprint density at radius 1 is 1.14 bits per heavy atom. The second-order valence-electron chi connectivity index (χ2n) is 9.09. The van der Waals surface area contributed by atoms with Crippen molar-refractivity contribution in [1.82, 2.24) is 29.4 Å². The first-order valence-corrected chi connectivity index (χ1v) is 12.4. The minimum absolute atomic E-state index is 0.156. The fourth-order valence-corrected chi connectivity index (χ4v) is 4.62. The number of hydrogen-bond acceptors (Lipinski definition) is 8. The first kappa shape index (κ1) is 24.8. The Labute approximate surface area is 220 Å². The Balaban J connectivity index is 1.37. The van der Waals surface area contributed by atoms with Gasteiger partial charge >= 0.3 is 0 Å². The molecule has 3 aromatic heterocycles. The number of halogens is 1. The molecule has 0 bridgehead atoms. The van der Waals surface area contributed by atoms with Crippen LogP contribution in [0, 0.1) is 0 Å². The van der Waals surface area contributed by atoms with Crippen LogP contribution in [0.25, 0.3) is 16.8 Å². The molecule has 37 heavy (non-hydrogen) atoms. The summed E-state index contributed by atoms with van der Waals surface area (Å²) in [5.41, 5.74) is 4.07. The van der Waals surface area contributed by atoms with Gasteiger partial charge in [-0.1, -0.05) is 17.7 Å². The van der Waals surface area contributed by atoms with Crippen molar-refractivity contribution in [2.75, 3.05) is 64.1 Å². The van der Waals surface area contributed by atoms with Gasteiger partial charge in [-0.05, 0) is 44.4 Å². The van der Waals surface area contributed by atoms with Crippen molar-refractivity contribution in [1.29, 1.82) is 0 Å². The van der Waals surface area contributed by atoms with Crippen LogP contribution in [-0.2, 0) is 4.79 Å². The van der Waals surface area contributed by atoms with E-state index in [2.05, 4.69) is 20.3 Å². The van der Waals surface area contributed by atoms with E-state index in [4.69, 9.17) is 21.3 Å². The molecule has 0 saturated carbocycles. The van der Waals surface area contributed by atoms with Crippen molar-refractivity contribution in [2.45, 2.75) is 0 Å². The normalized spacial score (nSPS) is 13.9. The van der Waals surface area contributed by atoms with E-state index in [0.717, 1.165) is 35.5 Å². The van der Waals surface area contributed by atoms with E-state index >= 15 is 0 Å². The van der Waals surface area contributed by atoms with Gasteiger partial charge in [-0.3, -0.25) is 4.79 Å². The van der Waals surface area contributed by atoms with Gasteiger partial charge in [-0.2, -0.15) is 5.10 Å². The number of aromatic nitrogens is 4. The molecule has 1 saturated heterocycles. The number of piperazine rings is 1. The first-order valence-electron chi connectivity index (χ1n) is 12.0. The van der Waals surface area contributed by atoms with Gasteiger partial charge in [0.25, 0.3) is 0 Å². The number of methoxy groups -OCH3 is 1. The van der Waals surface area contributed by atoms with E-state index < -0.39 is 0 Å². The summed E-state index contributed by atoms with van der Waals surface area (Å²) < 4.78 is 7.37. The molecule has 1 N–H and O–H groups in total. The monoisotopic (exact) mass is 520 g/mol. The Kier molecular flexibility index (Phi) is 7.11. The number of hydrogen-bond donors (Lipinski definition) is 1. The van der Waals surface area contributed by atoms with Crippen molar-refractivity contribution in [3.63, 3.8) is 0 Å². The van der Waals surface area contributed by atoms with E-state index in [1.165, 1.54) is 0 Å². The maximum absolute atomic E-state index is 12.4. The smallest absolute Gasteiger partial charge is 0.236 e. The van der Waals surface area contributed by atoms with Crippen LogP contribution < -0.4 is 15.0 Å². The topological polar surface area (TPSA) is 91.1 Å². The van der Waals surface area contributed by atoms with Crippen LogP contribution in [0.15, 0.2) is 55.0 Å². The van der Waals surface area contributed by atoms with Crippen LogP contribution in [0.2, 0.25) is 5.02 Å². The summed E-state index contributed by atoms with van der Waals surface area (Å²) in [5.74, 6) is 1.22. The molecular formula is C26H29ClN8O2. The number of carbonyl (C=O) groups excluding carboxylic acids is 1. The quantitative estimate of drug-likeness (QED) is 0.396. The molecule has 192 valence electrons. The molecule has 1 aliphatic heterocycles. The van der Waals surface area contributed by atoms with Crippen LogP contribution in [-0.4, -0.2) is 89.2 Å². The maximum Gasteiger partial charge on any atom is 0.236 e. The van der Waals surface area contributed by atoms with E-state index in [-0.39, 0.29) is 5.91 Å². The Hall–Kier alpha value is -3.89. The molecule has 0 aliphatic carbocycles. The number of rotatable bonds is 7. The average Bonchev–Trinajstić information content (AvgIpc) is 3.33. The van der Waals surface area contributed by atoms with Gasteiger partial charge in [-0.15, -0.1) is 0 Å². The zero-order valence-electron chi connectivity index (χ0n) is 21.1. The van der Waals surface area contributed by atoms with Crippen LogP contribution in [0.4, 0.5) is 17.3 Å². The van der Waals surface area contributed by atoms with Crippen molar-refractivity contribution >= 4 is 40.3 Å². The lowest BCUT2D eigenvalue weighted by molar-refractivity contribution is -0.132. The molecule has 1 fully saturated rings. The molecular weight excluding hydrogens is 492 g/mol. The van der Waals surface area contributed by atoms with Gasteiger partial charge in [0.2, 0.25) is 11.9 Å². The van der Waals surface area contributed by atoms with Gasteiger partial charge < -0.3 is 24.8 Å². The lowest BCUT2D eigenvalue weighted by Crippen LogP contribution is -2.50. The van der Waals surface area contributed by atoms with Crippen LogP contribution in [0.5, 0.6) is 5.75 Å². The lowest BCUT2D eigenvalue weighted by Gasteiger charge is -2.36. The second-order valence-corrected chi connectivity index (χ2v) is 9.50. The molecule has 4 heterocycles. The SMILES string of the molecule is COc1ccc(N2CCN(C(=O)CN(C)C)CC2)cc1Nc1ncc(Cl)c(-c2cnn3ccccc23)n1. The fraction of sp³-hybridized carbons (Fsp3) is 0.308. The summed E-state index contributed by atoms with van der Waals surface area (Å²) in [6.45, 7) is 3.30. The average molecular weight is 521 g/mol. The third-order valence-electron chi connectivity index (χ3n) is 6.30. The zero-order valence-corrected chi connectivity index (χ0v) is 21.8. The summed E-state index contributed by atoms with van der Waals surface area (Å²) >= 11 is 6.49. The van der Waals surface area contributed by atoms with Gasteiger partial charge in [0.05, 0.1) is 48.0 Å². The predicted molar refractivity (Wildman–Crippen MR) is 145 cm³/mol. The minimum atomic E-state index is 0.156. The van der Waals surface area contributed by atoms with Crippen molar-refractivity contribution in [3.05, 3.63) is 60.0 Å². The molecule has 1 aromatic carbocycles. The van der Waals surface area contributed by atoms with Crippen LogP contribution >= 0.6 is 11.6 Å². The van der Waals surface area contributed by atoms with E-state index in [9.17, 15) is 4.79 Å². The van der Waals surface area contributed by atoms with E-state index in [1.54, 1.807) is 24.0 Å². The lowest BCUT2D eigenvalue weighted by atomic mass is 10.2. The Bertz CT molecular complexity index is 1410. The number of carbonyl (C=O) groups is 1. The number of amides is 1. The van der Waals surface area contributed by atoms with E-state index in [1.807, 2.05) is 66.5 Å². The molecule has 1 aliphatic rings. The van der Waals surface area contributed by atoms with Gasteiger partial charge in [0, 0.05) is 43.6 Å². The highest BCUT2D eigenvalue weighted by atomic mass is 35.5. The van der Waals surface area contributed by atoms with Gasteiger partial charge in [0.1, 0.15) is 5.75 Å². The summed E-state index contributed by atoms with van der Waals surface area (Å²) in [6.07, 6.45) is 5.21. The maximum atomic E-state index is 12.4. The van der Waals surface area contributed by atoms with E-state index in [0.29, 0.717) is 42.0 Å². The highest BCUT2D eigenvalue weighted by molar-refractivity contribution is 6.33. The second kappa shape index (κ2) is 10.6. The van der Waals surface area contributed by atoms with Crippen molar-refractivity contribution < 1.29 is 9.53 Å². The summed E-state index contributed by atoms with van der Waals surface area (Å²) in [5, 5.41) is 8.13. The molecule has 0 unspecified atom stereocenters. The Morgan fingerprint density at radius 2 is 1.95 bits per heavy atom. The number of pyridine rings is 1. The zero-order chi connectivity index (χ0) is 25.9. The highest BCUT2D eigenvalue weighted by Crippen LogP contribution is 2.34. The third-order valence-corrected chi connectivity index (χ3v) is 6.58. The van der Waals surface area contributed by atoms with Crippen LogP contribution in [0.1, 0.15) is 0 Å². The van der Waals surface area contributed by atoms with Crippen molar-refractivity contribution in [3.8, 4) is 17.0 Å². The highest BCUT2D eigenvalue weighted by Gasteiger charge is 2.22. The molecule has 4 aromatic rings. The Morgan fingerprint density at radius 3 is 2.70 bits per heavy atom. The molecule has 0 radical (unpaired) electrons. The molecule has 0 spiro atoms. The largest absolute Gasteiger partial charge is 0.495 e.